The normalized spacial score (nSPS) is 17.8. The lowest BCUT2D eigenvalue weighted by atomic mass is 10.0. The van der Waals surface area contributed by atoms with Gasteiger partial charge in [-0.1, -0.05) is 17.7 Å². The molecule has 1 fully saturated rings. The molecule has 1 atom stereocenters. The number of aryl methyl sites for hydroxylation is 3. The van der Waals surface area contributed by atoms with Crippen LogP contribution >= 0.6 is 0 Å². The van der Waals surface area contributed by atoms with Crippen molar-refractivity contribution in [3.8, 4) is 0 Å². The summed E-state index contributed by atoms with van der Waals surface area (Å²) in [5, 5.41) is 3.10. The highest BCUT2D eigenvalue weighted by Gasteiger charge is 2.27. The Labute approximate surface area is 121 Å². The lowest BCUT2D eigenvalue weighted by molar-refractivity contribution is -0.921. The van der Waals surface area contributed by atoms with Gasteiger partial charge in [-0.3, -0.25) is 4.79 Å². The third-order valence-electron chi connectivity index (χ3n) is 4.07. The van der Waals surface area contributed by atoms with Crippen LogP contribution in [0.1, 0.15) is 23.6 Å². The van der Waals surface area contributed by atoms with E-state index in [9.17, 15) is 4.79 Å². The minimum absolute atomic E-state index is 0.0426. The van der Waals surface area contributed by atoms with E-state index in [0.717, 1.165) is 43.1 Å². The Bertz CT molecular complexity index is 470. The van der Waals surface area contributed by atoms with Gasteiger partial charge in [-0.2, -0.15) is 0 Å². The van der Waals surface area contributed by atoms with Crippen LogP contribution in [-0.4, -0.2) is 38.3 Å². The number of nitrogens with one attached hydrogen (secondary N) is 2. The first-order chi connectivity index (χ1) is 9.49. The summed E-state index contributed by atoms with van der Waals surface area (Å²) in [4.78, 5) is 13.7. The number of hydrogen-bond donors (Lipinski definition) is 2. The van der Waals surface area contributed by atoms with Crippen LogP contribution in [0.4, 0.5) is 5.69 Å². The molecule has 20 heavy (non-hydrogen) atoms. The number of carbonyl (C=O) groups is 1. The van der Waals surface area contributed by atoms with Crippen molar-refractivity contribution in [3.63, 3.8) is 0 Å². The summed E-state index contributed by atoms with van der Waals surface area (Å²) in [7, 11) is 0. The van der Waals surface area contributed by atoms with Crippen molar-refractivity contribution < 1.29 is 14.4 Å². The van der Waals surface area contributed by atoms with E-state index >= 15 is 0 Å². The van der Waals surface area contributed by atoms with E-state index in [1.807, 2.05) is 20.8 Å². The average molecular weight is 277 g/mol. The minimum Gasteiger partial charge on any atom is -0.370 e. The molecule has 1 amide bonds. The molecule has 2 rings (SSSR count). The molecule has 1 aliphatic heterocycles. The molecule has 110 valence electrons. The Balaban J connectivity index is 2.07. The molecule has 4 nitrogen and oxygen atoms in total. The number of rotatable bonds is 3. The van der Waals surface area contributed by atoms with Crippen molar-refractivity contribution in [1.82, 2.24) is 0 Å². The zero-order chi connectivity index (χ0) is 14.7. The highest BCUT2D eigenvalue weighted by atomic mass is 16.5. The first-order valence-electron chi connectivity index (χ1n) is 7.30. The number of benzene rings is 1. The molecule has 0 unspecified atom stereocenters. The molecule has 1 aromatic carbocycles. The van der Waals surface area contributed by atoms with Gasteiger partial charge in [0.05, 0.1) is 13.2 Å². The molecule has 0 aliphatic carbocycles. The molecule has 2 N–H and O–H groups in total. The van der Waals surface area contributed by atoms with Gasteiger partial charge in [0.25, 0.3) is 5.91 Å². The summed E-state index contributed by atoms with van der Waals surface area (Å²) in [6.07, 6.45) is 0. The highest BCUT2D eigenvalue weighted by Crippen LogP contribution is 2.21. The molecule has 1 heterocycles. The van der Waals surface area contributed by atoms with Crippen LogP contribution in [0.5, 0.6) is 0 Å². The lowest BCUT2D eigenvalue weighted by Gasteiger charge is -2.28. The van der Waals surface area contributed by atoms with Crippen LogP contribution in [0, 0.1) is 20.8 Å². The van der Waals surface area contributed by atoms with Gasteiger partial charge >= 0.3 is 0 Å². The monoisotopic (exact) mass is 277 g/mol. The van der Waals surface area contributed by atoms with Crippen LogP contribution < -0.4 is 10.2 Å². The van der Waals surface area contributed by atoms with E-state index in [4.69, 9.17) is 4.74 Å². The van der Waals surface area contributed by atoms with E-state index < -0.39 is 0 Å². The van der Waals surface area contributed by atoms with Crippen molar-refractivity contribution in [2.75, 3.05) is 31.6 Å². The van der Waals surface area contributed by atoms with Crippen molar-refractivity contribution in [1.29, 1.82) is 0 Å². The predicted molar refractivity (Wildman–Crippen MR) is 80.3 cm³/mol. The number of ether oxygens (including phenoxy) is 1. The van der Waals surface area contributed by atoms with Gasteiger partial charge in [0.1, 0.15) is 13.1 Å². The maximum Gasteiger partial charge on any atom is 0.282 e. The first kappa shape index (κ1) is 15.0. The Hall–Kier alpha value is -1.39. The van der Waals surface area contributed by atoms with E-state index in [-0.39, 0.29) is 11.9 Å². The topological polar surface area (TPSA) is 42.8 Å². The average Bonchev–Trinajstić information content (AvgIpc) is 2.42. The van der Waals surface area contributed by atoms with Crippen LogP contribution in [0.25, 0.3) is 0 Å². The summed E-state index contributed by atoms with van der Waals surface area (Å²) >= 11 is 0. The summed E-state index contributed by atoms with van der Waals surface area (Å²) in [5.74, 6) is 0.0944. The van der Waals surface area contributed by atoms with Gasteiger partial charge in [-0.25, -0.2) is 0 Å². The van der Waals surface area contributed by atoms with Crippen LogP contribution in [0.3, 0.4) is 0 Å². The number of anilines is 1. The molecule has 0 spiro atoms. The van der Waals surface area contributed by atoms with Crippen molar-refractivity contribution in [2.24, 2.45) is 0 Å². The second-order valence-corrected chi connectivity index (χ2v) is 5.76. The summed E-state index contributed by atoms with van der Waals surface area (Å²) in [6, 6.07) is 4.17. The molecule has 1 saturated heterocycles. The van der Waals surface area contributed by atoms with Crippen molar-refractivity contribution in [2.45, 2.75) is 33.7 Å². The van der Waals surface area contributed by atoms with E-state index in [1.54, 1.807) is 0 Å². The molecular formula is C16H25N2O2+. The van der Waals surface area contributed by atoms with Gasteiger partial charge in [-0.15, -0.1) is 0 Å². The van der Waals surface area contributed by atoms with E-state index in [0.29, 0.717) is 0 Å². The van der Waals surface area contributed by atoms with Crippen molar-refractivity contribution in [3.05, 3.63) is 28.8 Å². The first-order valence-corrected chi connectivity index (χ1v) is 7.30. The minimum atomic E-state index is -0.0426. The standard InChI is InChI=1S/C16H24N2O2/c1-11-9-12(2)15(13(3)10-11)17-16(19)14(4)18-5-7-20-8-6-18/h9-10,14H,5-8H2,1-4H3,(H,17,19)/p+1/t14-/m0/s1. The Kier molecular flexibility index (Phi) is 4.78. The van der Waals surface area contributed by atoms with Crippen LogP contribution in [0.15, 0.2) is 12.1 Å². The smallest absolute Gasteiger partial charge is 0.282 e. The van der Waals surface area contributed by atoms with Crippen LogP contribution in [-0.2, 0) is 9.53 Å². The zero-order valence-corrected chi connectivity index (χ0v) is 12.9. The molecule has 0 radical (unpaired) electrons. The highest BCUT2D eigenvalue weighted by molar-refractivity contribution is 5.95. The van der Waals surface area contributed by atoms with E-state index in [2.05, 4.69) is 24.4 Å². The SMILES string of the molecule is Cc1cc(C)c(NC(=O)[C@H](C)[NH+]2CCOCC2)c(C)c1. The molecule has 0 bridgehead atoms. The summed E-state index contributed by atoms with van der Waals surface area (Å²) in [5.41, 5.74) is 4.44. The Morgan fingerprint density at radius 2 is 1.75 bits per heavy atom. The second-order valence-electron chi connectivity index (χ2n) is 5.76. The van der Waals surface area contributed by atoms with Gasteiger partial charge < -0.3 is 15.0 Å². The number of carbonyl (C=O) groups excluding carboxylic acids is 1. The molecule has 0 saturated carbocycles. The molecule has 4 heteroatoms. The predicted octanol–water partition coefficient (Wildman–Crippen LogP) is 0.854. The van der Waals surface area contributed by atoms with E-state index in [1.165, 1.54) is 10.5 Å². The zero-order valence-electron chi connectivity index (χ0n) is 12.9. The summed E-state index contributed by atoms with van der Waals surface area (Å²) in [6.45, 7) is 11.5. The third-order valence-corrected chi connectivity index (χ3v) is 4.07. The maximum atomic E-state index is 12.4. The Morgan fingerprint density at radius 3 is 2.30 bits per heavy atom. The lowest BCUT2D eigenvalue weighted by Crippen LogP contribution is -3.18. The fourth-order valence-corrected chi connectivity index (χ4v) is 2.86. The molecule has 0 aromatic heterocycles. The molecule has 1 aromatic rings. The number of amides is 1. The van der Waals surface area contributed by atoms with Gasteiger partial charge in [-0.05, 0) is 38.8 Å². The Morgan fingerprint density at radius 1 is 1.20 bits per heavy atom. The molecule has 1 aliphatic rings. The number of quaternary nitrogens is 1. The van der Waals surface area contributed by atoms with Gasteiger partial charge in [0.15, 0.2) is 6.04 Å². The quantitative estimate of drug-likeness (QED) is 0.860. The van der Waals surface area contributed by atoms with Crippen LogP contribution in [0.2, 0.25) is 0 Å². The second kappa shape index (κ2) is 6.37. The van der Waals surface area contributed by atoms with Gasteiger partial charge in [0, 0.05) is 5.69 Å². The fourth-order valence-electron chi connectivity index (χ4n) is 2.86. The maximum absolute atomic E-state index is 12.4. The summed E-state index contributed by atoms with van der Waals surface area (Å²) < 4.78 is 5.35. The van der Waals surface area contributed by atoms with Gasteiger partial charge in [0.2, 0.25) is 0 Å². The number of morpholine rings is 1. The number of hydrogen-bond acceptors (Lipinski definition) is 2. The van der Waals surface area contributed by atoms with Crippen molar-refractivity contribution >= 4 is 11.6 Å². The molecular weight excluding hydrogens is 252 g/mol. The third kappa shape index (κ3) is 3.38. The fraction of sp³-hybridized carbons (Fsp3) is 0.562. The largest absolute Gasteiger partial charge is 0.370 e.